The van der Waals surface area contributed by atoms with Crippen molar-refractivity contribution in [1.82, 2.24) is 24.5 Å². The minimum atomic E-state index is -0.165. The van der Waals surface area contributed by atoms with Crippen molar-refractivity contribution in [2.45, 2.75) is 25.8 Å². The third-order valence-corrected chi connectivity index (χ3v) is 5.83. The van der Waals surface area contributed by atoms with Crippen LogP contribution in [0.15, 0.2) is 35.1 Å². The Hall–Kier alpha value is -3.75. The maximum atomic E-state index is 13.4. The van der Waals surface area contributed by atoms with E-state index < -0.39 is 0 Å². The van der Waals surface area contributed by atoms with Gasteiger partial charge in [-0.15, -0.1) is 0 Å². The summed E-state index contributed by atoms with van der Waals surface area (Å²) in [6.45, 7) is 2.43. The molecule has 31 heavy (non-hydrogen) atoms. The van der Waals surface area contributed by atoms with Crippen molar-refractivity contribution in [3.05, 3.63) is 57.8 Å². The van der Waals surface area contributed by atoms with E-state index in [9.17, 15) is 9.59 Å². The lowest BCUT2D eigenvalue weighted by Gasteiger charge is -2.23. The van der Waals surface area contributed by atoms with Crippen LogP contribution in [0.5, 0.6) is 11.5 Å². The lowest BCUT2D eigenvalue weighted by Crippen LogP contribution is -2.31. The van der Waals surface area contributed by atoms with E-state index in [1.165, 1.54) is 10.6 Å². The number of amides is 1. The highest BCUT2D eigenvalue weighted by atomic mass is 16.5. The van der Waals surface area contributed by atoms with Crippen LogP contribution in [0.2, 0.25) is 0 Å². The number of H-pyrrole nitrogens is 2. The number of nitrogens with zero attached hydrogens (tertiary/aromatic N) is 3. The van der Waals surface area contributed by atoms with Crippen LogP contribution in [-0.4, -0.2) is 51.2 Å². The van der Waals surface area contributed by atoms with Gasteiger partial charge in [0.15, 0.2) is 5.65 Å². The van der Waals surface area contributed by atoms with Crippen LogP contribution >= 0.6 is 0 Å². The highest BCUT2D eigenvalue weighted by molar-refractivity contribution is 6.00. The number of ether oxygens (including phenoxy) is 2. The number of hydrogen-bond donors (Lipinski definition) is 2. The number of carbonyl (C=O) groups is 1. The van der Waals surface area contributed by atoms with Gasteiger partial charge in [0.25, 0.3) is 11.5 Å². The minimum absolute atomic E-state index is 0.102. The summed E-state index contributed by atoms with van der Waals surface area (Å²) < 4.78 is 12.2. The quantitative estimate of drug-likeness (QED) is 0.527. The van der Waals surface area contributed by atoms with Gasteiger partial charge >= 0.3 is 0 Å². The largest absolute Gasteiger partial charge is 0.497 e. The molecule has 4 aromatic rings. The molecule has 0 radical (unpaired) electrons. The molecule has 1 aliphatic rings. The lowest BCUT2D eigenvalue weighted by molar-refractivity contribution is 0.0727. The molecule has 1 amide bonds. The van der Waals surface area contributed by atoms with Crippen molar-refractivity contribution in [3.8, 4) is 11.5 Å². The fourth-order valence-corrected chi connectivity index (χ4v) is 4.37. The van der Waals surface area contributed by atoms with E-state index in [0.29, 0.717) is 35.1 Å². The van der Waals surface area contributed by atoms with E-state index >= 15 is 0 Å². The van der Waals surface area contributed by atoms with Crippen LogP contribution in [0.1, 0.15) is 40.8 Å². The number of aromatic nitrogens is 4. The van der Waals surface area contributed by atoms with Crippen LogP contribution < -0.4 is 15.0 Å². The van der Waals surface area contributed by atoms with Crippen LogP contribution in [0.4, 0.5) is 0 Å². The maximum absolute atomic E-state index is 13.4. The number of methoxy groups -OCH3 is 2. The van der Waals surface area contributed by atoms with Crippen LogP contribution in [-0.2, 0) is 0 Å². The molecule has 0 aliphatic carbocycles. The standard InChI is InChI=1S/C22H23N5O4/c1-12-7-21(28)27-20(23-12)11-16(25-27)18-5-4-6-26(18)22(29)17-10-14-15(24-17)8-13(30-2)9-19(14)31-3/h7-11,18,24-25H,4-6H2,1-3H3. The molecule has 3 aromatic heterocycles. The Bertz CT molecular complexity index is 1370. The highest BCUT2D eigenvalue weighted by Crippen LogP contribution is 2.35. The molecule has 1 aliphatic heterocycles. The number of aryl methyl sites for hydroxylation is 1. The molecule has 1 aromatic carbocycles. The topological polar surface area (TPSA) is 105 Å². The summed E-state index contributed by atoms with van der Waals surface area (Å²) in [6.07, 6.45) is 1.69. The van der Waals surface area contributed by atoms with Crippen LogP contribution in [0.3, 0.4) is 0 Å². The van der Waals surface area contributed by atoms with Gasteiger partial charge in [-0.2, -0.15) is 0 Å². The molecule has 0 saturated carbocycles. The summed E-state index contributed by atoms with van der Waals surface area (Å²) in [6, 6.07) is 8.62. The van der Waals surface area contributed by atoms with Gasteiger partial charge in [0.05, 0.1) is 31.5 Å². The van der Waals surface area contributed by atoms with Gasteiger partial charge in [-0.3, -0.25) is 14.7 Å². The smallest absolute Gasteiger partial charge is 0.272 e. The SMILES string of the molecule is COc1cc(OC)c2cc(C(=O)N3CCCC3c3cc4nc(C)cc(=O)n4[nH]3)[nH]c2c1. The zero-order valence-electron chi connectivity index (χ0n) is 17.6. The van der Waals surface area contributed by atoms with Gasteiger partial charge in [-0.1, -0.05) is 0 Å². The Morgan fingerprint density at radius 2 is 2.00 bits per heavy atom. The summed E-state index contributed by atoms with van der Waals surface area (Å²) in [5.74, 6) is 1.18. The molecule has 0 bridgehead atoms. The molecule has 5 rings (SSSR count). The summed E-state index contributed by atoms with van der Waals surface area (Å²) in [4.78, 5) is 35.1. The monoisotopic (exact) mass is 421 g/mol. The second-order valence-corrected chi connectivity index (χ2v) is 7.77. The van der Waals surface area contributed by atoms with E-state index in [1.807, 2.05) is 23.1 Å². The normalized spacial score (nSPS) is 16.4. The summed E-state index contributed by atoms with van der Waals surface area (Å²) in [7, 11) is 3.18. The molecule has 1 fully saturated rings. The molecule has 2 N–H and O–H groups in total. The number of hydrogen-bond acceptors (Lipinski definition) is 5. The molecular weight excluding hydrogens is 398 g/mol. The van der Waals surface area contributed by atoms with Crippen LogP contribution in [0.25, 0.3) is 16.6 Å². The molecule has 1 unspecified atom stereocenters. The number of nitrogens with one attached hydrogen (secondary N) is 2. The molecule has 1 atom stereocenters. The second kappa shape index (κ2) is 7.19. The molecular formula is C22H23N5O4. The van der Waals surface area contributed by atoms with E-state index in [-0.39, 0.29) is 17.5 Å². The lowest BCUT2D eigenvalue weighted by atomic mass is 10.1. The molecule has 0 spiro atoms. The average Bonchev–Trinajstić information content (AvgIpc) is 3.49. The molecule has 160 valence electrons. The number of benzene rings is 1. The fraction of sp³-hybridized carbons (Fsp3) is 0.318. The third-order valence-electron chi connectivity index (χ3n) is 5.83. The van der Waals surface area contributed by atoms with Crippen molar-refractivity contribution in [2.24, 2.45) is 0 Å². The number of likely N-dealkylation sites (tertiary alicyclic amines) is 1. The van der Waals surface area contributed by atoms with E-state index in [4.69, 9.17) is 9.47 Å². The van der Waals surface area contributed by atoms with Crippen molar-refractivity contribution >= 4 is 22.5 Å². The summed E-state index contributed by atoms with van der Waals surface area (Å²) in [5, 5.41) is 3.95. The van der Waals surface area contributed by atoms with Crippen molar-refractivity contribution < 1.29 is 14.3 Å². The number of fused-ring (bicyclic) bond motifs is 2. The predicted octanol–water partition coefficient (Wildman–Crippen LogP) is 2.81. The van der Waals surface area contributed by atoms with Crippen molar-refractivity contribution in [1.29, 1.82) is 0 Å². The first kappa shape index (κ1) is 19.2. The molecule has 9 heteroatoms. The van der Waals surface area contributed by atoms with Gasteiger partial charge in [-0.05, 0) is 25.8 Å². The first-order chi connectivity index (χ1) is 15.0. The second-order valence-electron chi connectivity index (χ2n) is 7.77. The van der Waals surface area contributed by atoms with E-state index in [1.54, 1.807) is 27.2 Å². The summed E-state index contributed by atoms with van der Waals surface area (Å²) in [5.41, 5.74) is 3.11. The van der Waals surface area contributed by atoms with Gasteiger partial charge in [-0.25, -0.2) is 9.50 Å². The van der Waals surface area contributed by atoms with Gasteiger partial charge < -0.3 is 19.4 Å². The summed E-state index contributed by atoms with van der Waals surface area (Å²) >= 11 is 0. The maximum Gasteiger partial charge on any atom is 0.272 e. The van der Waals surface area contributed by atoms with Crippen LogP contribution in [0, 0.1) is 6.92 Å². The number of carbonyl (C=O) groups excluding carboxylic acids is 1. The first-order valence-corrected chi connectivity index (χ1v) is 10.1. The van der Waals surface area contributed by atoms with E-state index in [0.717, 1.165) is 29.4 Å². The average molecular weight is 421 g/mol. The minimum Gasteiger partial charge on any atom is -0.497 e. The number of aromatic amines is 2. The Labute approximate surface area is 177 Å². The Morgan fingerprint density at radius 1 is 1.16 bits per heavy atom. The Balaban J connectivity index is 1.52. The molecule has 9 nitrogen and oxygen atoms in total. The van der Waals surface area contributed by atoms with Crippen molar-refractivity contribution in [3.63, 3.8) is 0 Å². The highest BCUT2D eigenvalue weighted by Gasteiger charge is 2.33. The van der Waals surface area contributed by atoms with Crippen molar-refractivity contribution in [2.75, 3.05) is 20.8 Å². The van der Waals surface area contributed by atoms with Gasteiger partial charge in [0.2, 0.25) is 0 Å². The van der Waals surface area contributed by atoms with E-state index in [2.05, 4.69) is 15.1 Å². The zero-order chi connectivity index (χ0) is 21.7. The first-order valence-electron chi connectivity index (χ1n) is 10.1. The van der Waals surface area contributed by atoms with Gasteiger partial charge in [0, 0.05) is 41.9 Å². The van der Waals surface area contributed by atoms with Gasteiger partial charge in [0.1, 0.15) is 17.2 Å². The number of rotatable bonds is 4. The molecule has 4 heterocycles. The predicted molar refractivity (Wildman–Crippen MR) is 115 cm³/mol. The Kier molecular flexibility index (Phi) is 4.46. The zero-order valence-corrected chi connectivity index (χ0v) is 17.6. The fourth-order valence-electron chi connectivity index (χ4n) is 4.37. The third kappa shape index (κ3) is 3.13. The molecule has 1 saturated heterocycles. The Morgan fingerprint density at radius 3 is 2.77 bits per heavy atom.